The Morgan fingerprint density at radius 2 is 1.77 bits per heavy atom. The molecule has 1 aliphatic carbocycles. The molecule has 160 valence electrons. The van der Waals surface area contributed by atoms with Crippen molar-refractivity contribution in [2.24, 2.45) is 5.92 Å². The lowest BCUT2D eigenvalue weighted by Gasteiger charge is -2.45. The van der Waals surface area contributed by atoms with Crippen LogP contribution in [0.3, 0.4) is 0 Å². The van der Waals surface area contributed by atoms with E-state index in [0.29, 0.717) is 12.5 Å². The molecule has 0 bridgehead atoms. The first-order valence-corrected chi connectivity index (χ1v) is 11.2. The first-order valence-electron chi connectivity index (χ1n) is 10.8. The Morgan fingerprint density at radius 1 is 1.00 bits per heavy atom. The summed E-state index contributed by atoms with van der Waals surface area (Å²) in [6, 6.07) is 24.6. The van der Waals surface area contributed by atoms with Gasteiger partial charge in [-0.2, -0.15) is 0 Å². The summed E-state index contributed by atoms with van der Waals surface area (Å²) < 4.78 is 11.6. The number of halogens is 1. The molecule has 3 aromatic carbocycles. The van der Waals surface area contributed by atoms with E-state index < -0.39 is 0 Å². The highest BCUT2D eigenvalue weighted by molar-refractivity contribution is 6.30. The van der Waals surface area contributed by atoms with E-state index in [4.69, 9.17) is 21.1 Å². The molecule has 5 heteroatoms. The standard InChI is InChI=1S/C26H27ClN2O2/c1-30-22-12-7-19(8-13-22)16-29-18-28-26(20-9-10-20,17-31-23-5-3-2-4-6-23)24-15-21(27)11-14-25(24)29/h2-8,11-15,20,28H,9-10,16-18H2,1H3. The smallest absolute Gasteiger partial charge is 0.119 e. The molecule has 0 radical (unpaired) electrons. The predicted octanol–water partition coefficient (Wildman–Crippen LogP) is 5.60. The topological polar surface area (TPSA) is 33.7 Å². The van der Waals surface area contributed by atoms with Crippen LogP contribution in [-0.2, 0) is 12.1 Å². The molecule has 3 aromatic rings. The molecule has 1 unspecified atom stereocenters. The van der Waals surface area contributed by atoms with Gasteiger partial charge in [0.05, 0.1) is 19.3 Å². The number of rotatable bonds is 7. The SMILES string of the molecule is COc1ccc(CN2CNC(COc3ccccc3)(C3CC3)c3cc(Cl)ccc32)cc1. The average molecular weight is 435 g/mol. The van der Waals surface area contributed by atoms with Crippen LogP contribution in [0.2, 0.25) is 5.02 Å². The number of hydrogen-bond donors (Lipinski definition) is 1. The van der Waals surface area contributed by atoms with Gasteiger partial charge in [0, 0.05) is 22.8 Å². The van der Waals surface area contributed by atoms with Gasteiger partial charge in [-0.3, -0.25) is 5.32 Å². The van der Waals surface area contributed by atoms with Crippen molar-refractivity contribution in [3.8, 4) is 11.5 Å². The third kappa shape index (κ3) is 4.10. The molecule has 1 heterocycles. The fourth-order valence-electron chi connectivity index (χ4n) is 4.55. The van der Waals surface area contributed by atoms with Crippen LogP contribution in [0.25, 0.3) is 0 Å². The molecule has 0 amide bonds. The molecule has 1 fully saturated rings. The Balaban J connectivity index is 1.45. The van der Waals surface area contributed by atoms with Gasteiger partial charge in [-0.05, 0) is 66.8 Å². The molecule has 1 saturated carbocycles. The number of hydrogen-bond acceptors (Lipinski definition) is 4. The van der Waals surface area contributed by atoms with Crippen molar-refractivity contribution in [3.05, 3.63) is 88.9 Å². The number of anilines is 1. The lowest BCUT2D eigenvalue weighted by Crippen LogP contribution is -2.57. The van der Waals surface area contributed by atoms with Crippen molar-refractivity contribution >= 4 is 17.3 Å². The van der Waals surface area contributed by atoms with Crippen molar-refractivity contribution in [3.63, 3.8) is 0 Å². The van der Waals surface area contributed by atoms with Gasteiger partial charge >= 0.3 is 0 Å². The van der Waals surface area contributed by atoms with Gasteiger partial charge in [-0.15, -0.1) is 0 Å². The van der Waals surface area contributed by atoms with Gasteiger partial charge in [-0.1, -0.05) is 41.9 Å². The van der Waals surface area contributed by atoms with Gasteiger partial charge < -0.3 is 14.4 Å². The zero-order valence-corrected chi connectivity index (χ0v) is 18.4. The van der Waals surface area contributed by atoms with Crippen molar-refractivity contribution < 1.29 is 9.47 Å². The summed E-state index contributed by atoms with van der Waals surface area (Å²) in [5, 5.41) is 4.62. The summed E-state index contributed by atoms with van der Waals surface area (Å²) in [4.78, 5) is 2.37. The largest absolute Gasteiger partial charge is 0.497 e. The lowest BCUT2D eigenvalue weighted by molar-refractivity contribution is 0.151. The second-order valence-corrected chi connectivity index (χ2v) is 8.83. The highest BCUT2D eigenvalue weighted by Crippen LogP contribution is 2.50. The maximum Gasteiger partial charge on any atom is 0.119 e. The minimum Gasteiger partial charge on any atom is -0.497 e. The summed E-state index contributed by atoms with van der Waals surface area (Å²) >= 11 is 6.49. The van der Waals surface area contributed by atoms with Gasteiger partial charge in [0.2, 0.25) is 0 Å². The van der Waals surface area contributed by atoms with Crippen LogP contribution >= 0.6 is 11.6 Å². The molecule has 1 aliphatic heterocycles. The summed E-state index contributed by atoms with van der Waals surface area (Å²) in [5.74, 6) is 2.32. The van der Waals surface area contributed by atoms with Crippen LogP contribution in [0.1, 0.15) is 24.0 Å². The van der Waals surface area contributed by atoms with E-state index in [1.807, 2.05) is 48.5 Å². The summed E-state index contributed by atoms with van der Waals surface area (Å²) in [5.41, 5.74) is 3.47. The van der Waals surface area contributed by atoms with E-state index in [-0.39, 0.29) is 5.54 Å². The molecule has 0 aromatic heterocycles. The van der Waals surface area contributed by atoms with Gasteiger partial charge in [0.15, 0.2) is 0 Å². The Bertz CT molecular complexity index is 1040. The second-order valence-electron chi connectivity index (χ2n) is 8.39. The minimum absolute atomic E-state index is 0.230. The molecular weight excluding hydrogens is 408 g/mol. The average Bonchev–Trinajstić information content (AvgIpc) is 3.66. The fourth-order valence-corrected chi connectivity index (χ4v) is 4.72. The Kier molecular flexibility index (Phi) is 5.51. The van der Waals surface area contributed by atoms with Gasteiger partial charge in [0.1, 0.15) is 18.1 Å². The monoisotopic (exact) mass is 434 g/mol. The van der Waals surface area contributed by atoms with Gasteiger partial charge in [0.25, 0.3) is 0 Å². The zero-order chi connectivity index (χ0) is 21.3. The highest BCUT2D eigenvalue weighted by atomic mass is 35.5. The minimum atomic E-state index is -0.230. The van der Waals surface area contributed by atoms with E-state index in [1.54, 1.807) is 7.11 Å². The normalized spacial score (nSPS) is 20.3. The number of para-hydroxylation sites is 1. The van der Waals surface area contributed by atoms with Crippen LogP contribution in [0.4, 0.5) is 5.69 Å². The molecule has 1 N–H and O–H groups in total. The first-order chi connectivity index (χ1) is 15.2. The van der Waals surface area contributed by atoms with Crippen molar-refractivity contribution in [2.45, 2.75) is 24.9 Å². The van der Waals surface area contributed by atoms with E-state index in [1.165, 1.54) is 29.7 Å². The molecule has 4 nitrogen and oxygen atoms in total. The Hall–Kier alpha value is -2.69. The molecule has 0 saturated heterocycles. The van der Waals surface area contributed by atoms with E-state index in [9.17, 15) is 0 Å². The number of methoxy groups -OCH3 is 1. The first kappa shape index (κ1) is 20.2. The number of benzene rings is 3. The quantitative estimate of drug-likeness (QED) is 0.524. The second kappa shape index (κ2) is 8.45. The van der Waals surface area contributed by atoms with E-state index >= 15 is 0 Å². The highest BCUT2D eigenvalue weighted by Gasteiger charge is 2.50. The van der Waals surface area contributed by atoms with Crippen molar-refractivity contribution in [2.75, 3.05) is 25.3 Å². The van der Waals surface area contributed by atoms with Crippen LogP contribution < -0.4 is 19.7 Å². The van der Waals surface area contributed by atoms with Crippen LogP contribution in [-0.4, -0.2) is 20.4 Å². The van der Waals surface area contributed by atoms with Crippen molar-refractivity contribution in [1.29, 1.82) is 0 Å². The lowest BCUT2D eigenvalue weighted by atomic mass is 9.82. The third-order valence-electron chi connectivity index (χ3n) is 6.38. The molecule has 5 rings (SSSR count). The zero-order valence-electron chi connectivity index (χ0n) is 17.7. The summed E-state index contributed by atoms with van der Waals surface area (Å²) in [6.07, 6.45) is 2.41. The maximum absolute atomic E-state index is 6.49. The van der Waals surface area contributed by atoms with E-state index in [0.717, 1.165) is 29.7 Å². The van der Waals surface area contributed by atoms with Crippen LogP contribution in [0, 0.1) is 5.92 Å². The Morgan fingerprint density at radius 3 is 2.48 bits per heavy atom. The van der Waals surface area contributed by atoms with Crippen LogP contribution in [0.15, 0.2) is 72.8 Å². The van der Waals surface area contributed by atoms with Crippen LogP contribution in [0.5, 0.6) is 11.5 Å². The molecule has 1 atom stereocenters. The molecular formula is C26H27ClN2O2. The maximum atomic E-state index is 6.49. The molecule has 0 spiro atoms. The number of ether oxygens (including phenoxy) is 2. The predicted molar refractivity (Wildman–Crippen MR) is 125 cm³/mol. The number of nitrogens with one attached hydrogen (secondary N) is 1. The number of nitrogens with zero attached hydrogens (tertiary/aromatic N) is 1. The molecule has 31 heavy (non-hydrogen) atoms. The summed E-state index contributed by atoms with van der Waals surface area (Å²) in [6.45, 7) is 2.16. The summed E-state index contributed by atoms with van der Waals surface area (Å²) in [7, 11) is 1.69. The van der Waals surface area contributed by atoms with E-state index in [2.05, 4.69) is 34.5 Å². The van der Waals surface area contributed by atoms with Crippen molar-refractivity contribution in [1.82, 2.24) is 5.32 Å². The third-order valence-corrected chi connectivity index (χ3v) is 6.62. The molecule has 2 aliphatic rings. The fraction of sp³-hybridized carbons (Fsp3) is 0.308. The Labute approximate surface area is 188 Å². The number of fused-ring (bicyclic) bond motifs is 1. The van der Waals surface area contributed by atoms with Gasteiger partial charge in [-0.25, -0.2) is 0 Å².